The van der Waals surface area contributed by atoms with E-state index in [9.17, 15) is 4.79 Å². The van der Waals surface area contributed by atoms with Crippen LogP contribution in [0, 0.1) is 5.92 Å². The maximum absolute atomic E-state index is 11.9. The van der Waals surface area contributed by atoms with E-state index in [1.54, 1.807) is 0 Å². The van der Waals surface area contributed by atoms with Crippen molar-refractivity contribution in [3.05, 3.63) is 0 Å². The Morgan fingerprint density at radius 2 is 1.39 bits per heavy atom. The number of esters is 1. The van der Waals surface area contributed by atoms with Crippen LogP contribution in [0.2, 0.25) is 0 Å². The van der Waals surface area contributed by atoms with E-state index in [4.69, 9.17) is 9.84 Å². The third-order valence-corrected chi connectivity index (χ3v) is 5.43. The Balaban J connectivity index is 3.56. The van der Waals surface area contributed by atoms with Crippen LogP contribution in [0.5, 0.6) is 0 Å². The summed E-state index contributed by atoms with van der Waals surface area (Å²) < 4.78 is 5.45. The van der Waals surface area contributed by atoms with E-state index in [1.807, 2.05) is 0 Å². The van der Waals surface area contributed by atoms with Gasteiger partial charge in [-0.1, -0.05) is 85.0 Å². The molecule has 0 aliphatic carbocycles. The van der Waals surface area contributed by atoms with Crippen molar-refractivity contribution in [2.45, 2.75) is 111 Å². The molecule has 0 radical (unpaired) electrons. The van der Waals surface area contributed by atoms with Crippen LogP contribution >= 0.6 is 0 Å². The van der Waals surface area contributed by atoms with E-state index in [-0.39, 0.29) is 12.6 Å². The number of carbonyl (C=O) groups is 1. The van der Waals surface area contributed by atoms with E-state index >= 15 is 0 Å². The number of aliphatic hydroxyl groups excluding tert-OH is 1. The molecule has 0 bridgehead atoms. The Hall–Kier alpha value is -0.610. The molecule has 0 aliphatic heterocycles. The van der Waals surface area contributed by atoms with E-state index < -0.39 is 0 Å². The van der Waals surface area contributed by atoms with Gasteiger partial charge in [-0.2, -0.15) is 0 Å². The van der Waals surface area contributed by atoms with Gasteiger partial charge in [0.25, 0.3) is 0 Å². The van der Waals surface area contributed by atoms with Crippen LogP contribution in [0.15, 0.2) is 0 Å². The molecule has 0 amide bonds. The molecule has 0 aromatic rings. The Bertz CT molecular complexity index is 336. The van der Waals surface area contributed by atoms with Gasteiger partial charge in [0, 0.05) is 13.0 Å². The molecule has 0 saturated heterocycles. The summed E-state index contributed by atoms with van der Waals surface area (Å²) in [5, 5.41) is 9.12. The van der Waals surface area contributed by atoms with Crippen molar-refractivity contribution in [2.75, 3.05) is 32.8 Å². The lowest BCUT2D eigenvalue weighted by molar-refractivity contribution is -0.145. The largest absolute Gasteiger partial charge is 0.465 e. The maximum Gasteiger partial charge on any atom is 0.305 e. The van der Waals surface area contributed by atoms with Crippen LogP contribution in [-0.2, 0) is 9.53 Å². The summed E-state index contributed by atoms with van der Waals surface area (Å²) >= 11 is 0. The first-order valence-corrected chi connectivity index (χ1v) is 12.1. The van der Waals surface area contributed by atoms with Gasteiger partial charge in [0.1, 0.15) is 0 Å². The standard InChI is InChI=1S/C24H49NO3/c1-4-6-8-9-10-11-12-13-14-16-23(3)22-28-24(27)17-15-19-25(20-21-26)18-7-5-2/h23,26H,4-22H2,1-3H3. The van der Waals surface area contributed by atoms with E-state index in [1.165, 1.54) is 57.8 Å². The predicted octanol–water partition coefficient (Wildman–Crippen LogP) is 5.96. The number of ether oxygens (including phenoxy) is 1. The first kappa shape index (κ1) is 27.4. The Morgan fingerprint density at radius 1 is 0.821 bits per heavy atom. The Morgan fingerprint density at radius 3 is 2.00 bits per heavy atom. The summed E-state index contributed by atoms with van der Waals surface area (Å²) in [4.78, 5) is 14.2. The minimum absolute atomic E-state index is 0.0710. The summed E-state index contributed by atoms with van der Waals surface area (Å²) in [5.41, 5.74) is 0. The van der Waals surface area contributed by atoms with Gasteiger partial charge >= 0.3 is 5.97 Å². The van der Waals surface area contributed by atoms with Gasteiger partial charge in [-0.3, -0.25) is 4.79 Å². The fourth-order valence-electron chi connectivity index (χ4n) is 3.50. The molecule has 0 aromatic carbocycles. The number of carbonyl (C=O) groups excluding carboxylic acids is 1. The van der Waals surface area contributed by atoms with E-state index in [0.717, 1.165) is 38.8 Å². The summed E-state index contributed by atoms with van der Waals surface area (Å²) in [7, 11) is 0. The lowest BCUT2D eigenvalue weighted by Gasteiger charge is -2.20. The monoisotopic (exact) mass is 399 g/mol. The van der Waals surface area contributed by atoms with Crippen LogP contribution in [0.4, 0.5) is 0 Å². The van der Waals surface area contributed by atoms with Crippen LogP contribution in [-0.4, -0.2) is 48.8 Å². The Kier molecular flexibility index (Phi) is 20.6. The highest BCUT2D eigenvalue weighted by atomic mass is 16.5. The molecule has 0 heterocycles. The first-order chi connectivity index (χ1) is 13.6. The molecular weight excluding hydrogens is 350 g/mol. The summed E-state index contributed by atoms with van der Waals surface area (Å²) in [6, 6.07) is 0. The molecule has 1 N–H and O–H groups in total. The molecule has 168 valence electrons. The summed E-state index contributed by atoms with van der Waals surface area (Å²) in [6.07, 6.45) is 16.9. The number of nitrogens with zero attached hydrogens (tertiary/aromatic N) is 1. The predicted molar refractivity (Wildman–Crippen MR) is 120 cm³/mol. The molecule has 1 atom stereocenters. The highest BCUT2D eigenvalue weighted by Gasteiger charge is 2.09. The molecule has 0 fully saturated rings. The molecule has 4 nitrogen and oxygen atoms in total. The lowest BCUT2D eigenvalue weighted by atomic mass is 10.0. The van der Waals surface area contributed by atoms with Gasteiger partial charge in [-0.05, 0) is 38.3 Å². The molecule has 28 heavy (non-hydrogen) atoms. The molecule has 1 unspecified atom stereocenters. The van der Waals surface area contributed by atoms with Crippen LogP contribution in [0.1, 0.15) is 111 Å². The zero-order valence-electron chi connectivity index (χ0n) is 19.2. The SMILES string of the molecule is CCCCCCCCCCCC(C)COC(=O)CCCN(CCO)CCCC. The van der Waals surface area contributed by atoms with Crippen LogP contribution in [0.3, 0.4) is 0 Å². The fraction of sp³-hybridized carbons (Fsp3) is 0.958. The molecule has 0 saturated carbocycles. The lowest BCUT2D eigenvalue weighted by Crippen LogP contribution is -2.29. The highest BCUT2D eigenvalue weighted by Crippen LogP contribution is 2.14. The second-order valence-corrected chi connectivity index (χ2v) is 8.43. The minimum Gasteiger partial charge on any atom is -0.465 e. The molecule has 0 rings (SSSR count). The molecule has 4 heteroatoms. The molecule has 0 aromatic heterocycles. The van der Waals surface area contributed by atoms with Crippen molar-refractivity contribution in [1.29, 1.82) is 0 Å². The maximum atomic E-state index is 11.9. The van der Waals surface area contributed by atoms with Gasteiger partial charge in [0.15, 0.2) is 0 Å². The quantitative estimate of drug-likeness (QED) is 0.191. The highest BCUT2D eigenvalue weighted by molar-refractivity contribution is 5.69. The normalized spacial score (nSPS) is 12.5. The van der Waals surface area contributed by atoms with E-state index in [2.05, 4.69) is 25.7 Å². The number of hydrogen-bond donors (Lipinski definition) is 1. The topological polar surface area (TPSA) is 49.8 Å². The fourth-order valence-corrected chi connectivity index (χ4v) is 3.50. The van der Waals surface area contributed by atoms with Crippen molar-refractivity contribution >= 4 is 5.97 Å². The van der Waals surface area contributed by atoms with Crippen molar-refractivity contribution in [3.63, 3.8) is 0 Å². The summed E-state index contributed by atoms with van der Waals surface area (Å²) in [5.74, 6) is 0.391. The van der Waals surface area contributed by atoms with Crippen molar-refractivity contribution in [2.24, 2.45) is 5.92 Å². The van der Waals surface area contributed by atoms with E-state index in [0.29, 0.717) is 25.5 Å². The second-order valence-electron chi connectivity index (χ2n) is 8.43. The zero-order valence-corrected chi connectivity index (χ0v) is 19.2. The van der Waals surface area contributed by atoms with Gasteiger partial charge < -0.3 is 14.7 Å². The van der Waals surface area contributed by atoms with Crippen LogP contribution < -0.4 is 0 Å². The van der Waals surface area contributed by atoms with Gasteiger partial charge in [0.2, 0.25) is 0 Å². The van der Waals surface area contributed by atoms with Crippen molar-refractivity contribution in [3.8, 4) is 0 Å². The number of hydrogen-bond acceptors (Lipinski definition) is 4. The molecular formula is C24H49NO3. The first-order valence-electron chi connectivity index (χ1n) is 12.1. The Labute approximate surface area is 175 Å². The van der Waals surface area contributed by atoms with Crippen LogP contribution in [0.25, 0.3) is 0 Å². The molecule has 0 spiro atoms. The summed E-state index contributed by atoms with van der Waals surface area (Å²) in [6.45, 7) is 9.93. The van der Waals surface area contributed by atoms with Crippen molar-refractivity contribution < 1.29 is 14.6 Å². The number of aliphatic hydroxyl groups is 1. The smallest absolute Gasteiger partial charge is 0.305 e. The average Bonchev–Trinajstić information content (AvgIpc) is 2.69. The average molecular weight is 400 g/mol. The molecule has 0 aliphatic rings. The van der Waals surface area contributed by atoms with Gasteiger partial charge in [-0.15, -0.1) is 0 Å². The second kappa shape index (κ2) is 21.1. The van der Waals surface area contributed by atoms with Gasteiger partial charge in [0.05, 0.1) is 13.2 Å². The van der Waals surface area contributed by atoms with Gasteiger partial charge in [-0.25, -0.2) is 0 Å². The third-order valence-electron chi connectivity index (χ3n) is 5.43. The number of unbranched alkanes of at least 4 members (excludes halogenated alkanes) is 9. The third kappa shape index (κ3) is 18.7. The van der Waals surface area contributed by atoms with Crippen molar-refractivity contribution in [1.82, 2.24) is 4.90 Å². The minimum atomic E-state index is -0.0710. The number of rotatable bonds is 21. The zero-order chi connectivity index (χ0) is 20.9.